The highest BCUT2D eigenvalue weighted by atomic mass is 35.5. The Labute approximate surface area is 144 Å². The molecular formula is C13H11ClN4O5S. The molecule has 0 amide bonds. The Morgan fingerprint density at radius 1 is 1.42 bits per heavy atom. The van der Waals surface area contributed by atoms with Crippen molar-refractivity contribution in [3.63, 3.8) is 0 Å². The average molecular weight is 371 g/mol. The van der Waals surface area contributed by atoms with Gasteiger partial charge in [-0.15, -0.1) is 0 Å². The average Bonchev–Trinajstić information content (AvgIpc) is 3.09. The summed E-state index contributed by atoms with van der Waals surface area (Å²) in [6.07, 6.45) is 1.29. The Bertz CT molecular complexity index is 836. The van der Waals surface area contributed by atoms with Crippen molar-refractivity contribution in [2.75, 3.05) is 6.61 Å². The third-order valence-corrected chi connectivity index (χ3v) is 4.96. The molecule has 1 saturated heterocycles. The molecule has 0 aliphatic carbocycles. The van der Waals surface area contributed by atoms with E-state index in [2.05, 4.69) is 4.98 Å². The van der Waals surface area contributed by atoms with Crippen LogP contribution < -0.4 is 0 Å². The minimum absolute atomic E-state index is 0.181. The fraction of sp³-hybridized carbons (Fsp3) is 0.308. The molecule has 1 unspecified atom stereocenters. The lowest BCUT2D eigenvalue weighted by atomic mass is 10.2. The number of halogens is 1. The van der Waals surface area contributed by atoms with Crippen LogP contribution in [0, 0.1) is 20.2 Å². The van der Waals surface area contributed by atoms with Gasteiger partial charge in [-0.3, -0.25) is 14.7 Å². The standard InChI is InChI=1S/C13H11ClN4O5S/c1-13(7-23-13)6-16-5-10(18(21)22)15-12(16)24-11-8(14)3-2-4-9(11)17(19)20/h2-5H,6-7H2,1H3. The zero-order valence-electron chi connectivity index (χ0n) is 12.3. The molecule has 1 atom stereocenters. The molecule has 1 aliphatic rings. The van der Waals surface area contributed by atoms with Crippen LogP contribution in [0.4, 0.5) is 11.5 Å². The molecular weight excluding hydrogens is 360 g/mol. The Morgan fingerprint density at radius 3 is 2.71 bits per heavy atom. The van der Waals surface area contributed by atoms with Crippen molar-refractivity contribution in [3.05, 3.63) is 49.6 Å². The number of imidazole rings is 1. The van der Waals surface area contributed by atoms with Crippen molar-refractivity contribution in [2.24, 2.45) is 0 Å². The lowest BCUT2D eigenvalue weighted by Gasteiger charge is -2.08. The molecule has 24 heavy (non-hydrogen) atoms. The first-order valence-corrected chi connectivity index (χ1v) is 7.95. The second kappa shape index (κ2) is 6.04. The van der Waals surface area contributed by atoms with E-state index in [1.54, 1.807) is 4.57 Å². The van der Waals surface area contributed by atoms with Gasteiger partial charge >= 0.3 is 5.82 Å². The van der Waals surface area contributed by atoms with Crippen molar-refractivity contribution in [3.8, 4) is 0 Å². The second-order valence-electron chi connectivity index (χ2n) is 5.45. The highest BCUT2D eigenvalue weighted by Crippen LogP contribution is 2.41. The Kier molecular flexibility index (Phi) is 4.20. The summed E-state index contributed by atoms with van der Waals surface area (Å²) in [6, 6.07) is 4.31. The maximum absolute atomic E-state index is 11.2. The predicted octanol–water partition coefficient (Wildman–Crippen LogP) is 3.29. The van der Waals surface area contributed by atoms with Crippen LogP contribution in [-0.4, -0.2) is 31.6 Å². The van der Waals surface area contributed by atoms with Gasteiger partial charge < -0.3 is 14.9 Å². The van der Waals surface area contributed by atoms with Gasteiger partial charge in [-0.25, -0.2) is 0 Å². The van der Waals surface area contributed by atoms with Crippen molar-refractivity contribution >= 4 is 34.9 Å². The number of nitrogens with zero attached hydrogens (tertiary/aromatic N) is 4. The number of nitro groups is 2. The molecule has 2 aromatic rings. The minimum Gasteiger partial charge on any atom is -0.368 e. The zero-order valence-corrected chi connectivity index (χ0v) is 13.9. The van der Waals surface area contributed by atoms with Crippen molar-refractivity contribution in [2.45, 2.75) is 29.1 Å². The number of nitro benzene ring substituents is 1. The van der Waals surface area contributed by atoms with Gasteiger partial charge in [-0.05, 0) is 34.7 Å². The van der Waals surface area contributed by atoms with Crippen molar-refractivity contribution in [1.29, 1.82) is 0 Å². The van der Waals surface area contributed by atoms with Crippen LogP contribution in [-0.2, 0) is 11.3 Å². The van der Waals surface area contributed by atoms with E-state index in [1.165, 1.54) is 24.4 Å². The van der Waals surface area contributed by atoms with Crippen LogP contribution in [0.2, 0.25) is 5.02 Å². The molecule has 1 aromatic carbocycles. The number of ether oxygens (including phenoxy) is 1. The third-order valence-electron chi connectivity index (χ3n) is 3.39. The van der Waals surface area contributed by atoms with Gasteiger partial charge in [0.1, 0.15) is 16.7 Å². The molecule has 1 fully saturated rings. The third kappa shape index (κ3) is 3.35. The number of aromatic nitrogens is 2. The van der Waals surface area contributed by atoms with Gasteiger partial charge in [0.25, 0.3) is 10.8 Å². The van der Waals surface area contributed by atoms with Crippen LogP contribution in [0.15, 0.2) is 34.4 Å². The Balaban J connectivity index is 2.00. The van der Waals surface area contributed by atoms with Gasteiger partial charge in [-0.2, -0.15) is 0 Å². The van der Waals surface area contributed by atoms with Crippen LogP contribution in [0.3, 0.4) is 0 Å². The number of rotatable bonds is 6. The predicted molar refractivity (Wildman–Crippen MR) is 85.5 cm³/mol. The molecule has 9 nitrogen and oxygen atoms in total. The summed E-state index contributed by atoms with van der Waals surface area (Å²) in [5.74, 6) is -0.337. The largest absolute Gasteiger partial charge is 0.382 e. The van der Waals surface area contributed by atoms with E-state index in [0.29, 0.717) is 13.2 Å². The summed E-state index contributed by atoms with van der Waals surface area (Å²) in [5, 5.41) is 22.6. The van der Waals surface area contributed by atoms with Gasteiger partial charge in [0.2, 0.25) is 0 Å². The lowest BCUT2D eigenvalue weighted by Crippen LogP contribution is -2.15. The first-order chi connectivity index (χ1) is 11.3. The highest BCUT2D eigenvalue weighted by molar-refractivity contribution is 7.99. The van der Waals surface area contributed by atoms with Crippen LogP contribution in [0.5, 0.6) is 0 Å². The number of hydrogen-bond acceptors (Lipinski definition) is 7. The van der Waals surface area contributed by atoms with E-state index in [1.807, 2.05) is 6.92 Å². The summed E-state index contributed by atoms with van der Waals surface area (Å²) in [5.41, 5.74) is -0.588. The van der Waals surface area contributed by atoms with E-state index >= 15 is 0 Å². The van der Waals surface area contributed by atoms with Gasteiger partial charge in [0.05, 0.1) is 23.1 Å². The number of hydrogen-bond donors (Lipinski definition) is 0. The van der Waals surface area contributed by atoms with E-state index in [0.717, 1.165) is 11.8 Å². The minimum atomic E-state index is -0.613. The molecule has 1 aromatic heterocycles. The van der Waals surface area contributed by atoms with E-state index < -0.39 is 15.4 Å². The fourth-order valence-corrected chi connectivity index (χ4v) is 3.33. The summed E-state index contributed by atoms with van der Waals surface area (Å²) in [6.45, 7) is 2.76. The van der Waals surface area contributed by atoms with Crippen molar-refractivity contribution in [1.82, 2.24) is 9.55 Å². The summed E-state index contributed by atoms with van der Waals surface area (Å²) < 4.78 is 6.86. The molecule has 0 N–H and O–H groups in total. The molecule has 3 rings (SSSR count). The quantitative estimate of drug-likeness (QED) is 0.435. The smallest absolute Gasteiger partial charge is 0.368 e. The second-order valence-corrected chi connectivity index (χ2v) is 6.84. The normalized spacial score (nSPS) is 19.2. The van der Waals surface area contributed by atoms with E-state index in [9.17, 15) is 20.2 Å². The summed E-state index contributed by atoms with van der Waals surface area (Å²) in [4.78, 5) is 25.1. The van der Waals surface area contributed by atoms with E-state index in [4.69, 9.17) is 16.3 Å². The molecule has 0 bridgehead atoms. The topological polar surface area (TPSA) is 117 Å². The first-order valence-electron chi connectivity index (χ1n) is 6.75. The lowest BCUT2D eigenvalue weighted by molar-refractivity contribution is -0.389. The first kappa shape index (κ1) is 16.7. The number of epoxide rings is 1. The Morgan fingerprint density at radius 2 is 2.12 bits per heavy atom. The van der Waals surface area contributed by atoms with Crippen molar-refractivity contribution < 1.29 is 14.6 Å². The fourth-order valence-electron chi connectivity index (χ4n) is 2.08. The molecule has 11 heteroatoms. The van der Waals surface area contributed by atoms with Gasteiger partial charge in [0.15, 0.2) is 0 Å². The van der Waals surface area contributed by atoms with E-state index in [-0.39, 0.29) is 26.6 Å². The summed E-state index contributed by atoms with van der Waals surface area (Å²) >= 11 is 6.99. The maximum atomic E-state index is 11.2. The monoisotopic (exact) mass is 370 g/mol. The van der Waals surface area contributed by atoms with Gasteiger partial charge in [-0.1, -0.05) is 17.7 Å². The maximum Gasteiger partial charge on any atom is 0.382 e. The zero-order chi connectivity index (χ0) is 17.5. The molecule has 1 aliphatic heterocycles. The molecule has 0 saturated carbocycles. The summed E-state index contributed by atoms with van der Waals surface area (Å²) in [7, 11) is 0. The highest BCUT2D eigenvalue weighted by Gasteiger charge is 2.41. The van der Waals surface area contributed by atoms with Crippen LogP contribution >= 0.6 is 23.4 Å². The molecule has 2 heterocycles. The number of benzene rings is 1. The van der Waals surface area contributed by atoms with Crippen LogP contribution in [0.25, 0.3) is 0 Å². The van der Waals surface area contributed by atoms with Crippen LogP contribution in [0.1, 0.15) is 6.92 Å². The molecule has 0 radical (unpaired) electrons. The SMILES string of the molecule is CC1(Cn2cc([N+](=O)[O-])nc2Sc2c(Cl)cccc2[N+](=O)[O-])CO1. The van der Waals surface area contributed by atoms with Gasteiger partial charge in [0, 0.05) is 6.07 Å². The molecule has 126 valence electrons. The Hall–Kier alpha value is -2.17. The molecule has 0 spiro atoms.